The summed E-state index contributed by atoms with van der Waals surface area (Å²) >= 11 is 3.43. The first-order chi connectivity index (χ1) is 10.1. The number of carbonyl (C=O) groups is 1. The van der Waals surface area contributed by atoms with Crippen molar-refractivity contribution in [3.8, 4) is 11.5 Å². The molecule has 2 nitrogen and oxygen atoms in total. The monoisotopic (exact) mass is 344 g/mol. The quantitative estimate of drug-likeness (QED) is 0.704. The molecule has 0 atom stereocenters. The Balaban J connectivity index is 1.93. The molecule has 108 valence electrons. The van der Waals surface area contributed by atoms with Crippen LogP contribution in [0, 0.1) is 0 Å². The van der Waals surface area contributed by atoms with Gasteiger partial charge in [0.1, 0.15) is 11.5 Å². The molecule has 0 fully saturated rings. The summed E-state index contributed by atoms with van der Waals surface area (Å²) < 4.78 is 6.87. The summed E-state index contributed by atoms with van der Waals surface area (Å²) in [7, 11) is 0. The van der Waals surface area contributed by atoms with Crippen LogP contribution in [0.3, 0.4) is 0 Å². The van der Waals surface area contributed by atoms with E-state index in [1.807, 2.05) is 18.2 Å². The van der Waals surface area contributed by atoms with Crippen LogP contribution in [-0.4, -0.2) is 5.78 Å². The Morgan fingerprint density at radius 1 is 1.05 bits per heavy atom. The van der Waals surface area contributed by atoms with Gasteiger partial charge in [0.05, 0.1) is 5.56 Å². The second-order valence-corrected chi connectivity index (χ2v) is 6.35. The summed E-state index contributed by atoms with van der Waals surface area (Å²) in [6, 6.07) is 11.7. The molecule has 0 saturated heterocycles. The number of rotatable bonds is 3. The van der Waals surface area contributed by atoms with Crippen LogP contribution < -0.4 is 4.74 Å². The van der Waals surface area contributed by atoms with Gasteiger partial charge in [-0.3, -0.25) is 4.79 Å². The third-order valence-corrected chi connectivity index (χ3v) is 4.36. The Morgan fingerprint density at radius 2 is 1.81 bits per heavy atom. The Bertz CT molecular complexity index is 692. The number of hydrogen-bond donors (Lipinski definition) is 0. The Kier molecular flexibility index (Phi) is 4.11. The molecule has 0 amide bonds. The predicted molar refractivity (Wildman–Crippen MR) is 87.3 cm³/mol. The maximum Gasteiger partial charge on any atom is 0.163 e. The summed E-state index contributed by atoms with van der Waals surface area (Å²) in [4.78, 5) is 11.7. The van der Waals surface area contributed by atoms with Gasteiger partial charge in [0, 0.05) is 4.47 Å². The van der Waals surface area contributed by atoms with Crippen LogP contribution in [-0.2, 0) is 12.8 Å². The van der Waals surface area contributed by atoms with E-state index in [4.69, 9.17) is 4.74 Å². The van der Waals surface area contributed by atoms with Crippen molar-refractivity contribution < 1.29 is 9.53 Å². The zero-order chi connectivity index (χ0) is 14.8. The summed E-state index contributed by atoms with van der Waals surface area (Å²) in [5.74, 6) is 1.42. The molecule has 2 aromatic rings. The molecule has 3 heteroatoms. The Morgan fingerprint density at radius 3 is 2.57 bits per heavy atom. The molecule has 0 N–H and O–H groups in total. The number of fused-ring (bicyclic) bond motifs is 1. The zero-order valence-electron chi connectivity index (χ0n) is 12.0. The normalized spacial score (nSPS) is 13.6. The molecule has 3 rings (SSSR count). The summed E-state index contributed by atoms with van der Waals surface area (Å²) in [6.07, 6.45) is 4.79. The minimum Gasteiger partial charge on any atom is -0.457 e. The van der Waals surface area contributed by atoms with Gasteiger partial charge in [0.25, 0.3) is 0 Å². The fourth-order valence-corrected chi connectivity index (χ4v) is 3.11. The molecule has 21 heavy (non-hydrogen) atoms. The maximum absolute atomic E-state index is 11.7. The molecular formula is C18H17BrO2. The van der Waals surface area contributed by atoms with Crippen molar-refractivity contribution in [2.24, 2.45) is 0 Å². The highest BCUT2D eigenvalue weighted by molar-refractivity contribution is 9.10. The fraction of sp³-hybridized carbons (Fsp3) is 0.278. The van der Waals surface area contributed by atoms with Gasteiger partial charge in [-0.2, -0.15) is 0 Å². The Labute approximate surface area is 133 Å². The first-order valence-electron chi connectivity index (χ1n) is 7.23. The van der Waals surface area contributed by atoms with Crippen molar-refractivity contribution in [2.45, 2.75) is 32.6 Å². The number of aryl methyl sites for hydroxylation is 2. The minimum absolute atomic E-state index is 0.00969. The van der Waals surface area contributed by atoms with E-state index in [2.05, 4.69) is 28.1 Å². The molecule has 0 radical (unpaired) electrons. The number of carbonyl (C=O) groups excluding carboxylic acids is 1. The van der Waals surface area contributed by atoms with Crippen LogP contribution in [0.25, 0.3) is 0 Å². The van der Waals surface area contributed by atoms with E-state index in [0.29, 0.717) is 11.3 Å². The van der Waals surface area contributed by atoms with Crippen LogP contribution in [0.15, 0.2) is 40.9 Å². The maximum atomic E-state index is 11.7. The van der Waals surface area contributed by atoms with E-state index in [-0.39, 0.29) is 5.78 Å². The summed E-state index contributed by atoms with van der Waals surface area (Å²) in [5, 5.41) is 0. The number of benzene rings is 2. The van der Waals surface area contributed by atoms with Gasteiger partial charge >= 0.3 is 0 Å². The second-order valence-electron chi connectivity index (χ2n) is 5.44. The van der Waals surface area contributed by atoms with Crippen molar-refractivity contribution in [3.05, 3.63) is 57.6 Å². The van der Waals surface area contributed by atoms with Crippen molar-refractivity contribution in [3.63, 3.8) is 0 Å². The van der Waals surface area contributed by atoms with Gasteiger partial charge in [-0.05, 0) is 74.1 Å². The molecule has 0 aromatic heterocycles. The molecule has 1 aliphatic carbocycles. The highest BCUT2D eigenvalue weighted by Crippen LogP contribution is 2.31. The van der Waals surface area contributed by atoms with Crippen LogP contribution in [0.5, 0.6) is 11.5 Å². The van der Waals surface area contributed by atoms with Gasteiger partial charge in [-0.15, -0.1) is 0 Å². The highest BCUT2D eigenvalue weighted by Gasteiger charge is 2.13. The average molecular weight is 345 g/mol. The summed E-state index contributed by atoms with van der Waals surface area (Å²) in [6.45, 7) is 1.56. The largest absolute Gasteiger partial charge is 0.457 e. The van der Waals surface area contributed by atoms with E-state index in [1.54, 1.807) is 13.0 Å². The number of halogens is 1. The lowest BCUT2D eigenvalue weighted by atomic mass is 9.92. The molecule has 0 saturated carbocycles. The molecule has 0 spiro atoms. The number of ketones is 1. The van der Waals surface area contributed by atoms with E-state index in [1.165, 1.54) is 24.0 Å². The summed E-state index contributed by atoms with van der Waals surface area (Å²) in [5.41, 5.74) is 3.41. The average Bonchev–Trinajstić information content (AvgIpc) is 2.47. The van der Waals surface area contributed by atoms with E-state index >= 15 is 0 Å². The molecule has 0 aliphatic heterocycles. The molecule has 0 bridgehead atoms. The van der Waals surface area contributed by atoms with Gasteiger partial charge in [0.15, 0.2) is 5.78 Å². The highest BCUT2D eigenvalue weighted by atomic mass is 79.9. The van der Waals surface area contributed by atoms with Gasteiger partial charge in [0.2, 0.25) is 0 Å². The van der Waals surface area contributed by atoms with Crippen molar-refractivity contribution in [2.75, 3.05) is 0 Å². The molecular weight excluding hydrogens is 328 g/mol. The first-order valence-corrected chi connectivity index (χ1v) is 8.03. The minimum atomic E-state index is 0.00969. The molecule has 2 aromatic carbocycles. The number of Topliss-reactive ketones (excluding diaryl/α,β-unsaturated/α-hetero) is 1. The standard InChI is InChI=1S/C18H17BrO2/c1-12(20)17-9-7-15(19)11-18(17)21-16-8-6-13-4-2-3-5-14(13)10-16/h6-11H,2-5H2,1H3. The third-order valence-electron chi connectivity index (χ3n) is 3.87. The SMILES string of the molecule is CC(=O)c1ccc(Br)cc1Oc1ccc2c(c1)CCCC2. The lowest BCUT2D eigenvalue weighted by Gasteiger charge is -2.17. The lowest BCUT2D eigenvalue weighted by Crippen LogP contribution is -2.03. The van der Waals surface area contributed by atoms with Crippen molar-refractivity contribution in [1.82, 2.24) is 0 Å². The van der Waals surface area contributed by atoms with Gasteiger partial charge in [-0.1, -0.05) is 22.0 Å². The lowest BCUT2D eigenvalue weighted by molar-refractivity contribution is 0.101. The molecule has 1 aliphatic rings. The zero-order valence-corrected chi connectivity index (χ0v) is 13.6. The van der Waals surface area contributed by atoms with Crippen molar-refractivity contribution >= 4 is 21.7 Å². The van der Waals surface area contributed by atoms with Gasteiger partial charge in [-0.25, -0.2) is 0 Å². The fourth-order valence-electron chi connectivity index (χ4n) is 2.77. The van der Waals surface area contributed by atoms with E-state index < -0.39 is 0 Å². The predicted octanol–water partition coefficient (Wildman–Crippen LogP) is 5.32. The first kappa shape index (κ1) is 14.3. The van der Waals surface area contributed by atoms with E-state index in [0.717, 1.165) is 23.1 Å². The van der Waals surface area contributed by atoms with Crippen LogP contribution in [0.4, 0.5) is 0 Å². The number of ether oxygens (including phenoxy) is 1. The number of hydrogen-bond acceptors (Lipinski definition) is 2. The van der Waals surface area contributed by atoms with Gasteiger partial charge < -0.3 is 4.74 Å². The second kappa shape index (κ2) is 6.02. The van der Waals surface area contributed by atoms with Crippen molar-refractivity contribution in [1.29, 1.82) is 0 Å². The molecule has 0 unspecified atom stereocenters. The van der Waals surface area contributed by atoms with Crippen LogP contribution in [0.1, 0.15) is 41.3 Å². The molecule has 0 heterocycles. The van der Waals surface area contributed by atoms with Crippen LogP contribution in [0.2, 0.25) is 0 Å². The third kappa shape index (κ3) is 3.18. The van der Waals surface area contributed by atoms with Crippen LogP contribution >= 0.6 is 15.9 Å². The Hall–Kier alpha value is -1.61. The topological polar surface area (TPSA) is 26.3 Å². The van der Waals surface area contributed by atoms with E-state index in [9.17, 15) is 4.79 Å². The smallest absolute Gasteiger partial charge is 0.163 e.